The lowest BCUT2D eigenvalue weighted by molar-refractivity contribution is 0.885. The molecule has 0 radical (unpaired) electrons. The minimum atomic E-state index is 0.638. The van der Waals surface area contributed by atoms with Crippen LogP contribution in [-0.2, 0) is 0 Å². The molecule has 3 aromatic rings. The molecule has 0 aliphatic carbocycles. The van der Waals surface area contributed by atoms with E-state index in [1.54, 1.807) is 4.68 Å². The summed E-state index contributed by atoms with van der Waals surface area (Å²) >= 11 is 3.48. The van der Waals surface area contributed by atoms with Gasteiger partial charge in [-0.15, -0.1) is 0 Å². The topological polar surface area (TPSA) is 43.8 Å². The first-order valence-corrected chi connectivity index (χ1v) is 7.53. The SMILES string of the molecule is Cc1ccc(C)c(-n2nc(-c3cccc(Br)c3)cc2N)c1. The zero-order chi connectivity index (χ0) is 15.0. The van der Waals surface area contributed by atoms with E-state index in [9.17, 15) is 0 Å². The average molecular weight is 342 g/mol. The van der Waals surface area contributed by atoms with Crippen LogP contribution in [-0.4, -0.2) is 9.78 Å². The van der Waals surface area contributed by atoms with Gasteiger partial charge < -0.3 is 5.73 Å². The summed E-state index contributed by atoms with van der Waals surface area (Å²) in [5, 5.41) is 4.66. The predicted octanol–water partition coefficient (Wildman–Crippen LogP) is 4.50. The van der Waals surface area contributed by atoms with Crippen LogP contribution in [0.2, 0.25) is 0 Å². The number of rotatable bonds is 2. The van der Waals surface area contributed by atoms with Crippen LogP contribution in [0.15, 0.2) is 53.0 Å². The summed E-state index contributed by atoms with van der Waals surface area (Å²) in [5.41, 5.74) is 11.4. The molecule has 106 valence electrons. The van der Waals surface area contributed by atoms with E-state index in [0.717, 1.165) is 27.0 Å². The maximum atomic E-state index is 6.16. The van der Waals surface area contributed by atoms with E-state index in [1.807, 2.05) is 30.3 Å². The van der Waals surface area contributed by atoms with E-state index in [2.05, 4.69) is 53.1 Å². The molecule has 1 heterocycles. The Morgan fingerprint density at radius 3 is 2.62 bits per heavy atom. The number of nitrogens with two attached hydrogens (primary N) is 1. The first kappa shape index (κ1) is 13.9. The van der Waals surface area contributed by atoms with Crippen molar-refractivity contribution in [2.24, 2.45) is 0 Å². The summed E-state index contributed by atoms with van der Waals surface area (Å²) in [4.78, 5) is 0. The third-order valence-electron chi connectivity index (χ3n) is 3.45. The molecule has 2 aromatic carbocycles. The molecule has 4 heteroatoms. The second-order valence-electron chi connectivity index (χ2n) is 5.17. The number of aromatic nitrogens is 2. The van der Waals surface area contributed by atoms with Gasteiger partial charge in [-0.25, -0.2) is 4.68 Å². The zero-order valence-corrected chi connectivity index (χ0v) is 13.6. The van der Waals surface area contributed by atoms with E-state index in [-0.39, 0.29) is 0 Å². The van der Waals surface area contributed by atoms with E-state index in [0.29, 0.717) is 5.82 Å². The number of anilines is 1. The van der Waals surface area contributed by atoms with Crippen molar-refractivity contribution in [3.05, 3.63) is 64.1 Å². The first-order valence-electron chi connectivity index (χ1n) is 6.74. The van der Waals surface area contributed by atoms with Gasteiger partial charge in [0, 0.05) is 16.1 Å². The number of hydrogen-bond acceptors (Lipinski definition) is 2. The van der Waals surface area contributed by atoms with Crippen LogP contribution in [0.4, 0.5) is 5.82 Å². The van der Waals surface area contributed by atoms with Crippen molar-refractivity contribution in [2.45, 2.75) is 13.8 Å². The third kappa shape index (κ3) is 2.72. The van der Waals surface area contributed by atoms with E-state index in [4.69, 9.17) is 5.73 Å². The Morgan fingerprint density at radius 2 is 1.86 bits per heavy atom. The van der Waals surface area contributed by atoms with Crippen molar-refractivity contribution in [3.8, 4) is 16.9 Å². The highest BCUT2D eigenvalue weighted by Crippen LogP contribution is 2.26. The zero-order valence-electron chi connectivity index (χ0n) is 12.0. The normalized spacial score (nSPS) is 10.8. The average Bonchev–Trinajstić information content (AvgIpc) is 2.83. The van der Waals surface area contributed by atoms with Crippen molar-refractivity contribution in [2.75, 3.05) is 5.73 Å². The summed E-state index contributed by atoms with van der Waals surface area (Å²) in [7, 11) is 0. The smallest absolute Gasteiger partial charge is 0.127 e. The van der Waals surface area contributed by atoms with Gasteiger partial charge in [0.1, 0.15) is 5.82 Å². The molecule has 0 bridgehead atoms. The monoisotopic (exact) mass is 341 g/mol. The van der Waals surface area contributed by atoms with Crippen LogP contribution < -0.4 is 5.73 Å². The third-order valence-corrected chi connectivity index (χ3v) is 3.94. The molecule has 0 saturated carbocycles. The number of halogens is 1. The van der Waals surface area contributed by atoms with Gasteiger partial charge in [-0.05, 0) is 43.2 Å². The summed E-state index contributed by atoms with van der Waals surface area (Å²) in [5.74, 6) is 0.638. The Balaban J connectivity index is 2.12. The highest BCUT2D eigenvalue weighted by molar-refractivity contribution is 9.10. The van der Waals surface area contributed by atoms with Crippen LogP contribution in [0.5, 0.6) is 0 Å². The van der Waals surface area contributed by atoms with Crippen molar-refractivity contribution in [1.29, 1.82) is 0 Å². The maximum absolute atomic E-state index is 6.16. The fourth-order valence-electron chi connectivity index (χ4n) is 2.32. The summed E-state index contributed by atoms with van der Waals surface area (Å²) in [6.07, 6.45) is 0. The van der Waals surface area contributed by atoms with E-state index in [1.165, 1.54) is 5.56 Å². The Kier molecular flexibility index (Phi) is 3.55. The van der Waals surface area contributed by atoms with Crippen LogP contribution in [0, 0.1) is 13.8 Å². The fourth-order valence-corrected chi connectivity index (χ4v) is 2.72. The van der Waals surface area contributed by atoms with Crippen molar-refractivity contribution in [1.82, 2.24) is 9.78 Å². The summed E-state index contributed by atoms with van der Waals surface area (Å²) < 4.78 is 2.83. The first-order chi connectivity index (χ1) is 10.0. The largest absolute Gasteiger partial charge is 0.384 e. The van der Waals surface area contributed by atoms with Crippen LogP contribution in [0.1, 0.15) is 11.1 Å². The number of nitrogens with zero attached hydrogens (tertiary/aromatic N) is 2. The van der Waals surface area contributed by atoms with Crippen molar-refractivity contribution >= 4 is 21.7 Å². The van der Waals surface area contributed by atoms with Crippen molar-refractivity contribution < 1.29 is 0 Å². The van der Waals surface area contributed by atoms with Crippen LogP contribution in [0.25, 0.3) is 16.9 Å². The van der Waals surface area contributed by atoms with Gasteiger partial charge in [-0.1, -0.05) is 40.2 Å². The molecule has 0 saturated heterocycles. The highest BCUT2D eigenvalue weighted by Gasteiger charge is 2.11. The Labute approximate surface area is 132 Å². The highest BCUT2D eigenvalue weighted by atomic mass is 79.9. The van der Waals surface area contributed by atoms with Gasteiger partial charge in [-0.2, -0.15) is 5.10 Å². The minimum absolute atomic E-state index is 0.638. The van der Waals surface area contributed by atoms with Gasteiger partial charge in [0.05, 0.1) is 11.4 Å². The summed E-state index contributed by atoms with van der Waals surface area (Å²) in [6, 6.07) is 16.2. The number of nitrogen functional groups attached to an aromatic ring is 1. The molecule has 3 nitrogen and oxygen atoms in total. The molecule has 2 N–H and O–H groups in total. The molecule has 0 unspecified atom stereocenters. The molecular weight excluding hydrogens is 326 g/mol. The number of hydrogen-bond donors (Lipinski definition) is 1. The molecule has 0 aliphatic heterocycles. The molecule has 0 aliphatic rings. The summed E-state index contributed by atoms with van der Waals surface area (Å²) in [6.45, 7) is 4.13. The lowest BCUT2D eigenvalue weighted by atomic mass is 10.1. The van der Waals surface area contributed by atoms with Gasteiger partial charge >= 0.3 is 0 Å². The molecular formula is C17H16BrN3. The Bertz CT molecular complexity index is 806. The maximum Gasteiger partial charge on any atom is 0.127 e. The molecule has 0 spiro atoms. The lowest BCUT2D eigenvalue weighted by Gasteiger charge is -2.08. The second-order valence-corrected chi connectivity index (χ2v) is 6.08. The molecule has 21 heavy (non-hydrogen) atoms. The van der Waals surface area contributed by atoms with Gasteiger partial charge in [0.15, 0.2) is 0 Å². The molecule has 0 fully saturated rings. The van der Waals surface area contributed by atoms with Gasteiger partial charge in [0.25, 0.3) is 0 Å². The van der Waals surface area contributed by atoms with E-state index < -0.39 is 0 Å². The minimum Gasteiger partial charge on any atom is -0.384 e. The molecule has 1 aromatic heterocycles. The molecule has 0 atom stereocenters. The second kappa shape index (κ2) is 5.37. The van der Waals surface area contributed by atoms with Gasteiger partial charge in [0.2, 0.25) is 0 Å². The lowest BCUT2D eigenvalue weighted by Crippen LogP contribution is -2.04. The van der Waals surface area contributed by atoms with Gasteiger partial charge in [-0.3, -0.25) is 0 Å². The Morgan fingerprint density at radius 1 is 1.05 bits per heavy atom. The number of aryl methyl sites for hydroxylation is 2. The standard InChI is InChI=1S/C17H16BrN3/c1-11-6-7-12(2)16(8-11)21-17(19)10-15(20-21)13-4-3-5-14(18)9-13/h3-10H,19H2,1-2H3. The number of benzene rings is 2. The molecule has 3 rings (SSSR count). The fraction of sp³-hybridized carbons (Fsp3) is 0.118. The molecule has 0 amide bonds. The van der Waals surface area contributed by atoms with Crippen LogP contribution >= 0.6 is 15.9 Å². The van der Waals surface area contributed by atoms with E-state index >= 15 is 0 Å². The Hall–Kier alpha value is -2.07. The van der Waals surface area contributed by atoms with Crippen LogP contribution in [0.3, 0.4) is 0 Å². The predicted molar refractivity (Wildman–Crippen MR) is 90.6 cm³/mol. The van der Waals surface area contributed by atoms with Crippen molar-refractivity contribution in [3.63, 3.8) is 0 Å². The quantitative estimate of drug-likeness (QED) is 0.745.